The van der Waals surface area contributed by atoms with Gasteiger partial charge in [-0.3, -0.25) is 4.79 Å². The topological polar surface area (TPSA) is 65.7 Å². The molecule has 10 heteroatoms. The second-order valence-corrected chi connectivity index (χ2v) is 13.2. The third-order valence-electron chi connectivity index (χ3n) is 6.76. The van der Waals surface area contributed by atoms with Gasteiger partial charge in [0.15, 0.2) is 11.5 Å². The molecule has 202 valence electrons. The molecule has 0 amide bonds. The third-order valence-corrected chi connectivity index (χ3v) is 9.29. The van der Waals surface area contributed by atoms with E-state index in [1.807, 2.05) is 48.5 Å². The number of benzene rings is 3. The number of hydrogen-bond acceptors (Lipinski definition) is 5. The predicted molar refractivity (Wildman–Crippen MR) is 174 cm³/mol. The first-order valence-corrected chi connectivity index (χ1v) is 16.0. The molecule has 39 heavy (non-hydrogen) atoms. The molecule has 1 saturated carbocycles. The van der Waals surface area contributed by atoms with Crippen LogP contribution in [0.3, 0.4) is 0 Å². The van der Waals surface area contributed by atoms with Crippen LogP contribution in [0.25, 0.3) is 10.9 Å². The molecular formula is C29H25Br3IN3O3. The maximum Gasteiger partial charge on any atom is 0.282 e. The van der Waals surface area contributed by atoms with Crippen LogP contribution in [0.1, 0.15) is 55.0 Å². The number of nitrogens with zero attached hydrogens (tertiary/aromatic N) is 3. The van der Waals surface area contributed by atoms with Crippen LogP contribution in [-0.4, -0.2) is 23.0 Å². The van der Waals surface area contributed by atoms with Crippen molar-refractivity contribution >= 4 is 87.5 Å². The monoisotopic (exact) mass is 827 g/mol. The fourth-order valence-corrected chi connectivity index (χ4v) is 7.07. The first kappa shape index (κ1) is 28.8. The first-order valence-electron chi connectivity index (χ1n) is 12.5. The van der Waals surface area contributed by atoms with E-state index >= 15 is 0 Å². The van der Waals surface area contributed by atoms with Crippen LogP contribution in [0.15, 0.2) is 71.8 Å². The van der Waals surface area contributed by atoms with Gasteiger partial charge < -0.3 is 9.47 Å². The standard InChI is InChI=1S/C29H25Br3IN3O3/c1-38-26-12-17(11-24(33)27(26)39-16-19-7-8-21(31)14-23(19)32)15-34-36-28(18-5-3-2-4-6-18)35-25-10-9-20(30)13-22(25)29(36)37/h7-15,18H,2-6,16H2,1H3. The Bertz CT molecular complexity index is 1620. The zero-order valence-electron chi connectivity index (χ0n) is 21.1. The SMILES string of the molecule is COc1cc(C=Nn2c(C3CCCCC3)nc3ccc(Br)cc3c2=O)cc(I)c1OCc1ccc(Br)cc1Br. The molecule has 5 rings (SSSR count). The van der Waals surface area contributed by atoms with Crippen molar-refractivity contribution in [2.24, 2.45) is 5.10 Å². The van der Waals surface area contributed by atoms with Crippen molar-refractivity contribution in [2.45, 2.75) is 44.6 Å². The van der Waals surface area contributed by atoms with E-state index in [-0.39, 0.29) is 11.5 Å². The Hall–Kier alpha value is -1.76. The fourth-order valence-electron chi connectivity index (χ4n) is 4.77. The van der Waals surface area contributed by atoms with Crippen LogP contribution < -0.4 is 15.0 Å². The number of ether oxygens (including phenoxy) is 2. The highest BCUT2D eigenvalue weighted by atomic mass is 127. The van der Waals surface area contributed by atoms with Gasteiger partial charge in [0.2, 0.25) is 0 Å². The van der Waals surface area contributed by atoms with Gasteiger partial charge in [0.25, 0.3) is 5.56 Å². The fraction of sp³-hybridized carbons (Fsp3) is 0.276. The van der Waals surface area contributed by atoms with Crippen LogP contribution in [-0.2, 0) is 6.61 Å². The van der Waals surface area contributed by atoms with Crippen molar-refractivity contribution in [2.75, 3.05) is 7.11 Å². The lowest BCUT2D eigenvalue weighted by molar-refractivity contribution is 0.281. The van der Waals surface area contributed by atoms with Gasteiger partial charge in [-0.2, -0.15) is 9.78 Å². The van der Waals surface area contributed by atoms with Gasteiger partial charge in [-0.1, -0.05) is 73.1 Å². The lowest BCUT2D eigenvalue weighted by atomic mass is 9.88. The summed E-state index contributed by atoms with van der Waals surface area (Å²) in [7, 11) is 1.62. The molecule has 1 aromatic heterocycles. The number of aromatic nitrogens is 2. The van der Waals surface area contributed by atoms with Crippen molar-refractivity contribution in [3.05, 3.63) is 92.8 Å². The molecule has 0 bridgehead atoms. The first-order chi connectivity index (χ1) is 18.8. The molecule has 0 saturated heterocycles. The molecule has 4 aromatic rings. The average molecular weight is 830 g/mol. The maximum atomic E-state index is 13.6. The minimum Gasteiger partial charge on any atom is -0.493 e. The Morgan fingerprint density at radius 2 is 1.79 bits per heavy atom. The van der Waals surface area contributed by atoms with Crippen molar-refractivity contribution < 1.29 is 9.47 Å². The van der Waals surface area contributed by atoms with Crippen molar-refractivity contribution in [3.8, 4) is 11.5 Å². The smallest absolute Gasteiger partial charge is 0.282 e. The maximum absolute atomic E-state index is 13.6. The number of halogens is 4. The summed E-state index contributed by atoms with van der Waals surface area (Å²) in [5.74, 6) is 2.19. The van der Waals surface area contributed by atoms with Gasteiger partial charge in [-0.25, -0.2) is 4.98 Å². The van der Waals surface area contributed by atoms with E-state index in [1.165, 1.54) is 11.1 Å². The van der Waals surface area contributed by atoms with Gasteiger partial charge in [-0.05, 0) is 83.5 Å². The van der Waals surface area contributed by atoms with Crippen LogP contribution in [0.4, 0.5) is 0 Å². The van der Waals surface area contributed by atoms with Crippen LogP contribution in [0, 0.1) is 3.57 Å². The number of methoxy groups -OCH3 is 1. The van der Waals surface area contributed by atoms with Crippen molar-refractivity contribution in [1.29, 1.82) is 0 Å². The Balaban J connectivity index is 1.49. The predicted octanol–water partition coefficient (Wildman–Crippen LogP) is 8.81. The molecule has 1 aliphatic rings. The minimum absolute atomic E-state index is 0.167. The van der Waals surface area contributed by atoms with E-state index in [9.17, 15) is 4.79 Å². The van der Waals surface area contributed by atoms with Gasteiger partial charge in [0.05, 0.1) is 27.8 Å². The molecule has 0 radical (unpaired) electrons. The summed E-state index contributed by atoms with van der Waals surface area (Å²) < 4.78 is 17.0. The Morgan fingerprint density at radius 3 is 2.54 bits per heavy atom. The highest BCUT2D eigenvalue weighted by Gasteiger charge is 2.22. The Labute approximate surface area is 265 Å². The molecule has 1 heterocycles. The lowest BCUT2D eigenvalue weighted by Crippen LogP contribution is -2.25. The average Bonchev–Trinajstić information content (AvgIpc) is 2.93. The number of fused-ring (bicyclic) bond motifs is 1. The second kappa shape index (κ2) is 12.8. The van der Waals surface area contributed by atoms with Crippen LogP contribution in [0.5, 0.6) is 11.5 Å². The molecule has 1 fully saturated rings. The Morgan fingerprint density at radius 1 is 1.05 bits per heavy atom. The summed E-state index contributed by atoms with van der Waals surface area (Å²) in [5, 5.41) is 5.22. The van der Waals surface area contributed by atoms with Crippen LogP contribution >= 0.6 is 70.4 Å². The lowest BCUT2D eigenvalue weighted by Gasteiger charge is -2.22. The van der Waals surface area contributed by atoms with E-state index in [1.54, 1.807) is 13.3 Å². The molecule has 0 aliphatic heterocycles. The summed E-state index contributed by atoms with van der Waals surface area (Å²) in [6.45, 7) is 0.381. The van der Waals surface area contributed by atoms with E-state index in [0.717, 1.165) is 59.6 Å². The quantitative estimate of drug-likeness (QED) is 0.138. The molecule has 1 aliphatic carbocycles. The van der Waals surface area contributed by atoms with Crippen LogP contribution in [0.2, 0.25) is 0 Å². The summed E-state index contributed by atoms with van der Waals surface area (Å²) in [4.78, 5) is 18.5. The normalized spacial score (nSPS) is 14.3. The molecule has 6 nitrogen and oxygen atoms in total. The van der Waals surface area contributed by atoms with E-state index < -0.39 is 0 Å². The summed E-state index contributed by atoms with van der Waals surface area (Å²) in [6, 6.07) is 15.4. The molecule has 0 atom stereocenters. The van der Waals surface area contributed by atoms with E-state index in [4.69, 9.17) is 14.5 Å². The summed E-state index contributed by atoms with van der Waals surface area (Å²) >= 11 is 12.8. The highest BCUT2D eigenvalue weighted by Crippen LogP contribution is 2.35. The summed E-state index contributed by atoms with van der Waals surface area (Å²) in [5.41, 5.74) is 2.35. The van der Waals surface area contributed by atoms with Crippen molar-refractivity contribution in [3.63, 3.8) is 0 Å². The van der Waals surface area contributed by atoms with Gasteiger partial charge in [0, 0.05) is 24.9 Å². The largest absolute Gasteiger partial charge is 0.493 e. The van der Waals surface area contributed by atoms with E-state index in [2.05, 4.69) is 75.5 Å². The molecule has 0 unspecified atom stereocenters. The third kappa shape index (κ3) is 6.60. The number of hydrogen-bond donors (Lipinski definition) is 0. The molecule has 3 aromatic carbocycles. The summed E-state index contributed by atoms with van der Waals surface area (Å²) in [6.07, 6.45) is 7.20. The molecular weight excluding hydrogens is 805 g/mol. The van der Waals surface area contributed by atoms with Gasteiger partial charge in [0.1, 0.15) is 12.4 Å². The zero-order valence-corrected chi connectivity index (χ0v) is 28.0. The molecule has 0 N–H and O–H groups in total. The Kier molecular flexibility index (Phi) is 9.46. The minimum atomic E-state index is -0.167. The zero-order chi connectivity index (χ0) is 27.5. The molecule has 0 spiro atoms. The van der Waals surface area contributed by atoms with Crippen molar-refractivity contribution in [1.82, 2.24) is 9.66 Å². The van der Waals surface area contributed by atoms with E-state index in [0.29, 0.717) is 29.0 Å². The second-order valence-electron chi connectivity index (χ2n) is 9.39. The number of rotatable bonds is 7. The van der Waals surface area contributed by atoms with Gasteiger partial charge in [-0.15, -0.1) is 0 Å². The van der Waals surface area contributed by atoms with Gasteiger partial charge >= 0.3 is 0 Å². The highest BCUT2D eigenvalue weighted by molar-refractivity contribution is 14.1.